The van der Waals surface area contributed by atoms with E-state index in [0.717, 1.165) is 0 Å². The predicted molar refractivity (Wildman–Crippen MR) is 72.8 cm³/mol. The number of rotatable bonds is 5. The zero-order chi connectivity index (χ0) is 16.3. The first-order chi connectivity index (χ1) is 10.4. The van der Waals surface area contributed by atoms with E-state index >= 15 is 0 Å². The van der Waals surface area contributed by atoms with Crippen LogP contribution in [0.2, 0.25) is 0 Å². The number of hydrogen-bond acceptors (Lipinski definition) is 7. The van der Waals surface area contributed by atoms with Crippen molar-refractivity contribution < 1.29 is 39.4 Å². The summed E-state index contributed by atoms with van der Waals surface area (Å²) in [7, 11) is 1.53. The number of benzene rings is 1. The first-order valence-electron chi connectivity index (χ1n) is 6.63. The van der Waals surface area contributed by atoms with E-state index in [1.807, 2.05) is 0 Å². The molecule has 1 fully saturated rings. The molecule has 1 saturated heterocycles. The third-order valence-electron chi connectivity index (χ3n) is 3.43. The molecule has 22 heavy (non-hydrogen) atoms. The van der Waals surface area contributed by atoms with Crippen LogP contribution in [0.5, 0.6) is 11.5 Å². The molecule has 1 aromatic carbocycles. The van der Waals surface area contributed by atoms with E-state index in [9.17, 15) is 20.1 Å². The summed E-state index contributed by atoms with van der Waals surface area (Å²) in [6.45, 7) is -0.180. The third-order valence-corrected chi connectivity index (χ3v) is 3.43. The van der Waals surface area contributed by atoms with Crippen LogP contribution < -0.4 is 9.47 Å². The van der Waals surface area contributed by atoms with E-state index in [0.29, 0.717) is 11.5 Å². The number of carbonyl (C=O) groups is 1. The monoisotopic (exact) mass is 314 g/mol. The zero-order valence-electron chi connectivity index (χ0n) is 11.8. The maximum Gasteiger partial charge on any atom is 0.335 e. The Morgan fingerprint density at radius 1 is 1.09 bits per heavy atom. The number of methoxy groups -OCH3 is 1. The van der Waals surface area contributed by atoms with E-state index < -0.39 is 36.5 Å². The average molecular weight is 314 g/mol. The number of aliphatic hydroxyl groups excluding tert-OH is 3. The highest BCUT2D eigenvalue weighted by atomic mass is 16.6. The highest BCUT2D eigenvalue weighted by molar-refractivity contribution is 5.73. The van der Waals surface area contributed by atoms with Crippen molar-refractivity contribution >= 4 is 5.97 Å². The number of carboxylic acid groups (broad SMARTS) is 1. The first-order valence-corrected chi connectivity index (χ1v) is 6.63. The molecule has 5 atom stereocenters. The van der Waals surface area contributed by atoms with Gasteiger partial charge < -0.3 is 34.6 Å². The molecule has 5 unspecified atom stereocenters. The molecule has 8 nitrogen and oxygen atoms in total. The van der Waals surface area contributed by atoms with Crippen LogP contribution in [-0.2, 0) is 9.53 Å². The molecule has 4 N–H and O–H groups in total. The largest absolute Gasteiger partial charge is 0.497 e. The van der Waals surface area contributed by atoms with Crippen LogP contribution in [0.1, 0.15) is 0 Å². The Morgan fingerprint density at radius 2 is 1.68 bits per heavy atom. The smallest absolute Gasteiger partial charge is 0.335 e. The van der Waals surface area contributed by atoms with Gasteiger partial charge in [-0.25, -0.2) is 4.79 Å². The van der Waals surface area contributed by atoms with Crippen molar-refractivity contribution in [1.82, 2.24) is 0 Å². The van der Waals surface area contributed by atoms with Crippen molar-refractivity contribution in [3.05, 3.63) is 24.3 Å². The van der Waals surface area contributed by atoms with Gasteiger partial charge in [-0.1, -0.05) is 0 Å². The van der Waals surface area contributed by atoms with Crippen LogP contribution in [0.3, 0.4) is 0 Å². The Balaban J connectivity index is 1.99. The summed E-state index contributed by atoms with van der Waals surface area (Å²) in [6.07, 6.45) is -7.49. The van der Waals surface area contributed by atoms with Gasteiger partial charge in [-0.15, -0.1) is 0 Å². The van der Waals surface area contributed by atoms with Gasteiger partial charge in [0.2, 0.25) is 0 Å². The fraction of sp³-hybridized carbons (Fsp3) is 0.500. The lowest BCUT2D eigenvalue weighted by Gasteiger charge is -2.38. The van der Waals surface area contributed by atoms with Crippen LogP contribution in [0.4, 0.5) is 0 Å². The normalized spacial score (nSPS) is 31.5. The van der Waals surface area contributed by atoms with Crippen LogP contribution in [-0.4, -0.2) is 70.6 Å². The summed E-state index contributed by atoms with van der Waals surface area (Å²) in [6, 6.07) is 6.61. The molecule has 0 saturated carbocycles. The molecule has 0 aliphatic carbocycles. The van der Waals surface area contributed by atoms with Crippen molar-refractivity contribution in [1.29, 1.82) is 0 Å². The summed E-state index contributed by atoms with van der Waals surface area (Å²) in [5.74, 6) is -0.317. The second-order valence-corrected chi connectivity index (χ2v) is 4.89. The van der Waals surface area contributed by atoms with Crippen LogP contribution >= 0.6 is 0 Å². The van der Waals surface area contributed by atoms with Crippen LogP contribution in [0.15, 0.2) is 24.3 Å². The molecule has 1 aliphatic rings. The van der Waals surface area contributed by atoms with E-state index in [-0.39, 0.29) is 6.61 Å². The molecule has 1 heterocycles. The van der Waals surface area contributed by atoms with Crippen molar-refractivity contribution in [3.63, 3.8) is 0 Å². The van der Waals surface area contributed by atoms with Crippen LogP contribution in [0.25, 0.3) is 0 Å². The predicted octanol–water partition coefficient (Wildman–Crippen LogP) is -0.991. The highest BCUT2D eigenvalue weighted by Crippen LogP contribution is 2.23. The zero-order valence-corrected chi connectivity index (χ0v) is 11.8. The average Bonchev–Trinajstić information content (AvgIpc) is 2.52. The molecule has 0 amide bonds. The molecule has 0 spiro atoms. The lowest BCUT2D eigenvalue weighted by Crippen LogP contribution is -2.61. The fourth-order valence-corrected chi connectivity index (χ4v) is 2.14. The molecule has 0 radical (unpaired) electrons. The maximum absolute atomic E-state index is 11.0. The van der Waals surface area contributed by atoms with Crippen molar-refractivity contribution in [2.24, 2.45) is 0 Å². The number of aliphatic hydroxyl groups is 3. The summed E-state index contributed by atoms with van der Waals surface area (Å²) in [4.78, 5) is 11.0. The second-order valence-electron chi connectivity index (χ2n) is 4.89. The molecule has 2 rings (SSSR count). The van der Waals surface area contributed by atoms with Gasteiger partial charge in [0, 0.05) is 0 Å². The molecular weight excluding hydrogens is 296 g/mol. The Bertz CT molecular complexity index is 502. The van der Waals surface area contributed by atoms with E-state index in [1.54, 1.807) is 24.3 Å². The fourth-order valence-electron chi connectivity index (χ4n) is 2.14. The molecular formula is C14H18O8. The number of ether oxygens (including phenoxy) is 3. The van der Waals surface area contributed by atoms with Gasteiger partial charge in [-0.2, -0.15) is 0 Å². The van der Waals surface area contributed by atoms with E-state index in [1.165, 1.54) is 7.11 Å². The lowest BCUT2D eigenvalue weighted by atomic mass is 9.95. The summed E-state index contributed by atoms with van der Waals surface area (Å²) in [5, 5.41) is 38.0. The minimum atomic E-state index is -1.70. The first kappa shape index (κ1) is 16.5. The van der Waals surface area contributed by atoms with Gasteiger partial charge in [0.15, 0.2) is 6.10 Å². The highest BCUT2D eigenvalue weighted by Gasteiger charge is 2.47. The Hall–Kier alpha value is -1.87. The lowest BCUT2D eigenvalue weighted by molar-refractivity contribution is -0.231. The van der Waals surface area contributed by atoms with Crippen molar-refractivity contribution in [2.75, 3.05) is 13.7 Å². The van der Waals surface area contributed by atoms with Crippen molar-refractivity contribution in [3.8, 4) is 11.5 Å². The third kappa shape index (κ3) is 3.47. The maximum atomic E-state index is 11.0. The molecule has 0 bridgehead atoms. The minimum Gasteiger partial charge on any atom is -0.497 e. The Morgan fingerprint density at radius 3 is 2.23 bits per heavy atom. The van der Waals surface area contributed by atoms with Gasteiger partial charge in [0.05, 0.1) is 7.11 Å². The Labute approximate surface area is 126 Å². The summed E-state index contributed by atoms with van der Waals surface area (Å²) >= 11 is 0. The number of hydrogen-bond donors (Lipinski definition) is 4. The molecule has 122 valence electrons. The minimum absolute atomic E-state index is 0.180. The molecule has 1 aliphatic heterocycles. The van der Waals surface area contributed by atoms with Gasteiger partial charge in [0.1, 0.15) is 42.5 Å². The SMILES string of the molecule is COc1ccc(OCC2OC(C(=O)O)C(O)C(O)C2O)cc1. The van der Waals surface area contributed by atoms with Gasteiger partial charge >= 0.3 is 5.97 Å². The molecule has 8 heteroatoms. The topological polar surface area (TPSA) is 126 Å². The Kier molecular flexibility index (Phi) is 5.19. The summed E-state index contributed by atoms with van der Waals surface area (Å²) < 4.78 is 15.5. The van der Waals surface area contributed by atoms with E-state index in [2.05, 4.69) is 0 Å². The van der Waals surface area contributed by atoms with E-state index in [4.69, 9.17) is 19.3 Å². The summed E-state index contributed by atoms with van der Waals surface area (Å²) in [5.41, 5.74) is 0. The van der Waals surface area contributed by atoms with Crippen molar-refractivity contribution in [2.45, 2.75) is 30.5 Å². The quantitative estimate of drug-likeness (QED) is 0.546. The van der Waals surface area contributed by atoms with Gasteiger partial charge in [-0.05, 0) is 24.3 Å². The number of aliphatic carboxylic acids is 1. The molecule has 1 aromatic rings. The molecule has 0 aromatic heterocycles. The number of carboxylic acids is 1. The van der Waals surface area contributed by atoms with Gasteiger partial charge in [0.25, 0.3) is 0 Å². The second kappa shape index (κ2) is 6.93. The van der Waals surface area contributed by atoms with Gasteiger partial charge in [-0.3, -0.25) is 0 Å². The standard InChI is InChI=1S/C14H18O8/c1-20-7-2-4-8(5-3-7)21-6-9-10(15)11(16)12(17)13(22-9)14(18)19/h2-5,9-13,15-17H,6H2,1H3,(H,18,19). The van der Waals surface area contributed by atoms with Crippen LogP contribution in [0, 0.1) is 0 Å².